The van der Waals surface area contributed by atoms with E-state index in [1.54, 1.807) is 6.92 Å². The Morgan fingerprint density at radius 2 is 2.31 bits per heavy atom. The SMILES string of the molecule is CC(=O)NC1=CC[C@H]2C[C@@H]1C2(C)C. The average Bonchev–Trinajstić information content (AvgIpc) is 2.03. The number of hydrogen-bond donors (Lipinski definition) is 1. The van der Waals surface area contributed by atoms with Gasteiger partial charge < -0.3 is 5.32 Å². The van der Waals surface area contributed by atoms with Gasteiger partial charge in [-0.25, -0.2) is 0 Å². The topological polar surface area (TPSA) is 29.1 Å². The van der Waals surface area contributed by atoms with Crippen LogP contribution in [0.2, 0.25) is 0 Å². The minimum absolute atomic E-state index is 0.0624. The van der Waals surface area contributed by atoms with Gasteiger partial charge in [0.2, 0.25) is 5.91 Å². The molecule has 3 aliphatic carbocycles. The molecule has 1 amide bonds. The van der Waals surface area contributed by atoms with Gasteiger partial charge in [0.25, 0.3) is 0 Å². The van der Waals surface area contributed by atoms with Gasteiger partial charge in [0.15, 0.2) is 0 Å². The lowest BCUT2D eigenvalue weighted by atomic mass is 9.50. The summed E-state index contributed by atoms with van der Waals surface area (Å²) in [5.74, 6) is 1.50. The fraction of sp³-hybridized carbons (Fsp3) is 0.727. The number of nitrogens with one attached hydrogen (secondary N) is 1. The predicted octanol–water partition coefficient (Wildman–Crippen LogP) is 2.07. The van der Waals surface area contributed by atoms with Crippen LogP contribution in [0.5, 0.6) is 0 Å². The molecule has 72 valence electrons. The Kier molecular flexibility index (Phi) is 1.76. The smallest absolute Gasteiger partial charge is 0.220 e. The molecule has 13 heavy (non-hydrogen) atoms. The van der Waals surface area contributed by atoms with Crippen molar-refractivity contribution < 1.29 is 4.79 Å². The van der Waals surface area contributed by atoms with Crippen molar-refractivity contribution in [3.63, 3.8) is 0 Å². The molecular weight excluding hydrogens is 162 g/mol. The number of rotatable bonds is 1. The molecular formula is C11H17NO. The molecule has 0 unspecified atom stereocenters. The second-order valence-electron chi connectivity index (χ2n) is 4.88. The van der Waals surface area contributed by atoms with Crippen LogP contribution < -0.4 is 5.32 Å². The number of allylic oxidation sites excluding steroid dienone is 2. The molecule has 2 atom stereocenters. The second-order valence-corrected chi connectivity index (χ2v) is 4.88. The van der Waals surface area contributed by atoms with E-state index in [-0.39, 0.29) is 5.91 Å². The van der Waals surface area contributed by atoms with Gasteiger partial charge in [-0.15, -0.1) is 0 Å². The molecule has 1 saturated carbocycles. The van der Waals surface area contributed by atoms with E-state index in [9.17, 15) is 4.79 Å². The summed E-state index contributed by atoms with van der Waals surface area (Å²) in [6, 6.07) is 0. The minimum atomic E-state index is 0.0624. The summed E-state index contributed by atoms with van der Waals surface area (Å²) in [4.78, 5) is 10.9. The molecule has 0 saturated heterocycles. The molecule has 1 N–H and O–H groups in total. The molecule has 0 heterocycles. The largest absolute Gasteiger partial charge is 0.330 e. The van der Waals surface area contributed by atoms with Crippen LogP contribution in [-0.4, -0.2) is 5.91 Å². The zero-order chi connectivity index (χ0) is 9.64. The lowest BCUT2D eigenvalue weighted by Gasteiger charge is -2.56. The highest BCUT2D eigenvalue weighted by atomic mass is 16.1. The van der Waals surface area contributed by atoms with E-state index < -0.39 is 0 Å². The van der Waals surface area contributed by atoms with Crippen LogP contribution in [0.4, 0.5) is 0 Å². The van der Waals surface area contributed by atoms with E-state index in [0.29, 0.717) is 11.3 Å². The molecule has 0 radical (unpaired) electrons. The molecule has 3 aliphatic rings. The van der Waals surface area contributed by atoms with Crippen molar-refractivity contribution in [2.45, 2.75) is 33.6 Å². The number of hydrogen-bond acceptors (Lipinski definition) is 1. The maximum atomic E-state index is 10.9. The molecule has 3 rings (SSSR count). The standard InChI is InChI=1S/C11H17NO/c1-7(13)12-10-5-4-8-6-9(10)11(8,2)3/h5,8-9H,4,6H2,1-3H3,(H,12,13)/t8-,9-/m0/s1. The predicted molar refractivity (Wildman–Crippen MR) is 51.9 cm³/mol. The fourth-order valence-electron chi connectivity index (χ4n) is 2.70. The maximum absolute atomic E-state index is 10.9. The van der Waals surface area contributed by atoms with Gasteiger partial charge >= 0.3 is 0 Å². The van der Waals surface area contributed by atoms with Crippen molar-refractivity contribution in [3.8, 4) is 0 Å². The Labute approximate surface area is 79.4 Å². The van der Waals surface area contributed by atoms with Crippen LogP contribution in [0.3, 0.4) is 0 Å². The van der Waals surface area contributed by atoms with Crippen LogP contribution in [0.1, 0.15) is 33.6 Å². The lowest BCUT2D eigenvalue weighted by Crippen LogP contribution is -2.51. The first-order valence-electron chi connectivity index (χ1n) is 4.99. The molecule has 2 heteroatoms. The number of carbonyl (C=O) groups is 1. The highest BCUT2D eigenvalue weighted by molar-refractivity contribution is 5.75. The van der Waals surface area contributed by atoms with Gasteiger partial charge in [0, 0.05) is 18.5 Å². The van der Waals surface area contributed by atoms with E-state index in [2.05, 4.69) is 25.2 Å². The van der Waals surface area contributed by atoms with Crippen LogP contribution in [0.15, 0.2) is 11.8 Å². The van der Waals surface area contributed by atoms with Crippen molar-refractivity contribution >= 4 is 5.91 Å². The normalized spacial score (nSPS) is 34.5. The quantitative estimate of drug-likeness (QED) is 0.656. The van der Waals surface area contributed by atoms with E-state index >= 15 is 0 Å². The summed E-state index contributed by atoms with van der Waals surface area (Å²) in [5.41, 5.74) is 1.58. The molecule has 0 aromatic heterocycles. The molecule has 0 aromatic carbocycles. The third kappa shape index (κ3) is 1.19. The van der Waals surface area contributed by atoms with Crippen molar-refractivity contribution in [3.05, 3.63) is 11.8 Å². The highest BCUT2D eigenvalue weighted by Crippen LogP contribution is 2.58. The summed E-state index contributed by atoms with van der Waals surface area (Å²) >= 11 is 0. The van der Waals surface area contributed by atoms with Crippen molar-refractivity contribution in [1.29, 1.82) is 0 Å². The Bertz CT molecular complexity index is 278. The molecule has 0 aromatic rings. The van der Waals surface area contributed by atoms with Crippen molar-refractivity contribution in [2.75, 3.05) is 0 Å². The number of amides is 1. The first kappa shape index (κ1) is 8.79. The summed E-state index contributed by atoms with van der Waals surface area (Å²) in [7, 11) is 0. The highest BCUT2D eigenvalue weighted by Gasteiger charge is 2.51. The third-order valence-corrected chi connectivity index (χ3v) is 3.79. The third-order valence-electron chi connectivity index (χ3n) is 3.79. The van der Waals surface area contributed by atoms with E-state index in [1.807, 2.05) is 0 Å². The Morgan fingerprint density at radius 1 is 1.62 bits per heavy atom. The zero-order valence-corrected chi connectivity index (χ0v) is 8.55. The Hall–Kier alpha value is -0.790. The Morgan fingerprint density at radius 3 is 2.77 bits per heavy atom. The summed E-state index contributed by atoms with van der Waals surface area (Å²) < 4.78 is 0. The van der Waals surface area contributed by atoms with E-state index in [0.717, 1.165) is 12.3 Å². The maximum Gasteiger partial charge on any atom is 0.220 e. The van der Waals surface area contributed by atoms with Crippen molar-refractivity contribution in [2.24, 2.45) is 17.3 Å². The van der Waals surface area contributed by atoms with Crippen LogP contribution in [0, 0.1) is 17.3 Å². The Balaban J connectivity index is 2.14. The summed E-state index contributed by atoms with van der Waals surface area (Å²) in [5, 5.41) is 2.95. The molecule has 0 aliphatic heterocycles. The van der Waals surface area contributed by atoms with Crippen LogP contribution >= 0.6 is 0 Å². The molecule has 2 nitrogen and oxygen atoms in total. The first-order valence-corrected chi connectivity index (χ1v) is 4.99. The van der Waals surface area contributed by atoms with Gasteiger partial charge in [-0.2, -0.15) is 0 Å². The summed E-state index contributed by atoms with van der Waals surface area (Å²) in [6.45, 7) is 6.19. The molecule has 1 fully saturated rings. The van der Waals surface area contributed by atoms with Gasteiger partial charge in [0.1, 0.15) is 0 Å². The first-order chi connectivity index (χ1) is 6.01. The van der Waals surface area contributed by atoms with Gasteiger partial charge in [-0.05, 0) is 24.2 Å². The molecule has 0 spiro atoms. The summed E-state index contributed by atoms with van der Waals surface area (Å²) in [6.07, 6.45) is 4.60. The molecule has 2 bridgehead atoms. The minimum Gasteiger partial charge on any atom is -0.330 e. The fourth-order valence-corrected chi connectivity index (χ4v) is 2.70. The number of carbonyl (C=O) groups excluding carboxylic acids is 1. The average molecular weight is 179 g/mol. The lowest BCUT2D eigenvalue weighted by molar-refractivity contribution is -0.119. The van der Waals surface area contributed by atoms with Gasteiger partial charge in [0.05, 0.1) is 0 Å². The monoisotopic (exact) mass is 179 g/mol. The van der Waals surface area contributed by atoms with Crippen LogP contribution in [-0.2, 0) is 4.79 Å². The van der Waals surface area contributed by atoms with E-state index in [1.165, 1.54) is 12.1 Å². The second kappa shape index (κ2) is 2.60. The van der Waals surface area contributed by atoms with Crippen molar-refractivity contribution in [1.82, 2.24) is 5.32 Å². The number of fused-ring (bicyclic) bond motifs is 1. The van der Waals surface area contributed by atoms with Crippen LogP contribution in [0.25, 0.3) is 0 Å². The van der Waals surface area contributed by atoms with Gasteiger partial charge in [-0.3, -0.25) is 4.79 Å². The van der Waals surface area contributed by atoms with E-state index in [4.69, 9.17) is 0 Å². The zero-order valence-electron chi connectivity index (χ0n) is 8.55. The van der Waals surface area contributed by atoms with Gasteiger partial charge in [-0.1, -0.05) is 19.9 Å².